The normalized spacial score (nSPS) is 16.8. The number of rotatable bonds is 6. The number of aromatic nitrogens is 1. The first-order chi connectivity index (χ1) is 13.3. The van der Waals surface area contributed by atoms with Crippen LogP contribution in [0.3, 0.4) is 0 Å². The summed E-state index contributed by atoms with van der Waals surface area (Å²) in [6.45, 7) is 2.75. The van der Waals surface area contributed by atoms with E-state index in [1.54, 1.807) is 12.1 Å². The molecule has 28 heavy (non-hydrogen) atoms. The third-order valence-corrected chi connectivity index (χ3v) is 4.51. The van der Waals surface area contributed by atoms with Crippen LogP contribution in [0, 0.1) is 5.82 Å². The SMILES string of the molecule is OC(COc1ccccc1F)CN1CCN(c2ccc(C(F)(F)F)cn2)CC1. The van der Waals surface area contributed by atoms with Crippen molar-refractivity contribution in [2.45, 2.75) is 12.3 Å². The molecule has 0 spiro atoms. The van der Waals surface area contributed by atoms with Gasteiger partial charge in [-0.15, -0.1) is 0 Å². The van der Waals surface area contributed by atoms with Crippen LogP contribution in [0.4, 0.5) is 23.4 Å². The predicted molar refractivity (Wildman–Crippen MR) is 95.8 cm³/mol. The maximum absolute atomic E-state index is 13.5. The van der Waals surface area contributed by atoms with E-state index in [4.69, 9.17) is 4.74 Å². The van der Waals surface area contributed by atoms with Crippen LogP contribution < -0.4 is 9.64 Å². The van der Waals surface area contributed by atoms with E-state index in [1.807, 2.05) is 9.80 Å². The molecule has 1 unspecified atom stereocenters. The molecule has 1 N–H and O–H groups in total. The number of piperazine rings is 1. The molecule has 0 aliphatic carbocycles. The first-order valence-electron chi connectivity index (χ1n) is 8.89. The predicted octanol–water partition coefficient (Wildman–Crippen LogP) is 2.80. The van der Waals surface area contributed by atoms with E-state index in [0.717, 1.165) is 12.3 Å². The van der Waals surface area contributed by atoms with E-state index in [9.17, 15) is 22.7 Å². The summed E-state index contributed by atoms with van der Waals surface area (Å²) < 4.78 is 56.6. The monoisotopic (exact) mass is 399 g/mol. The number of halogens is 4. The fourth-order valence-electron chi connectivity index (χ4n) is 3.00. The molecule has 0 amide bonds. The van der Waals surface area contributed by atoms with Gasteiger partial charge in [0.25, 0.3) is 0 Å². The van der Waals surface area contributed by atoms with Crippen molar-refractivity contribution < 1.29 is 27.4 Å². The summed E-state index contributed by atoms with van der Waals surface area (Å²) in [6, 6.07) is 8.39. The van der Waals surface area contributed by atoms with Crippen LogP contribution in [0.5, 0.6) is 5.75 Å². The lowest BCUT2D eigenvalue weighted by atomic mass is 10.2. The fraction of sp³-hybridized carbons (Fsp3) is 0.421. The summed E-state index contributed by atoms with van der Waals surface area (Å²) in [7, 11) is 0. The topological polar surface area (TPSA) is 48.8 Å². The van der Waals surface area contributed by atoms with Gasteiger partial charge in [0.1, 0.15) is 18.5 Å². The number of anilines is 1. The molecule has 2 heterocycles. The van der Waals surface area contributed by atoms with Crippen LogP contribution in [0.15, 0.2) is 42.6 Å². The van der Waals surface area contributed by atoms with Crippen molar-refractivity contribution in [2.24, 2.45) is 0 Å². The molecule has 1 fully saturated rings. The second-order valence-corrected chi connectivity index (χ2v) is 6.59. The second-order valence-electron chi connectivity index (χ2n) is 6.59. The highest BCUT2D eigenvalue weighted by Crippen LogP contribution is 2.29. The highest BCUT2D eigenvalue weighted by atomic mass is 19.4. The third-order valence-electron chi connectivity index (χ3n) is 4.51. The largest absolute Gasteiger partial charge is 0.488 e. The third kappa shape index (κ3) is 5.32. The summed E-state index contributed by atoms with van der Waals surface area (Å²) in [5.41, 5.74) is -0.770. The number of aliphatic hydroxyl groups excluding tert-OH is 1. The molecule has 3 rings (SSSR count). The minimum Gasteiger partial charge on any atom is -0.488 e. The zero-order valence-electron chi connectivity index (χ0n) is 15.1. The van der Waals surface area contributed by atoms with E-state index in [-0.39, 0.29) is 12.4 Å². The van der Waals surface area contributed by atoms with Gasteiger partial charge >= 0.3 is 6.18 Å². The number of β-amino-alcohol motifs (C(OH)–C–C–N with tert-alkyl or cyclic N) is 1. The fourth-order valence-corrected chi connectivity index (χ4v) is 3.00. The molecule has 1 aliphatic rings. The Morgan fingerprint density at radius 2 is 1.79 bits per heavy atom. The van der Waals surface area contributed by atoms with E-state index < -0.39 is 23.7 Å². The Balaban J connectivity index is 1.44. The Morgan fingerprint density at radius 3 is 2.39 bits per heavy atom. The first kappa shape index (κ1) is 20.3. The van der Waals surface area contributed by atoms with Crippen LogP contribution in [0.1, 0.15) is 5.56 Å². The quantitative estimate of drug-likeness (QED) is 0.757. The molecule has 0 bridgehead atoms. The summed E-state index contributed by atoms with van der Waals surface area (Å²) in [4.78, 5) is 7.83. The van der Waals surface area contributed by atoms with E-state index in [0.29, 0.717) is 38.5 Å². The Bertz CT molecular complexity index is 763. The van der Waals surface area contributed by atoms with Crippen molar-refractivity contribution in [3.63, 3.8) is 0 Å². The minimum absolute atomic E-state index is 0.0262. The smallest absolute Gasteiger partial charge is 0.417 e. The number of pyridine rings is 1. The Kier molecular flexibility index (Phi) is 6.35. The van der Waals surface area contributed by atoms with Gasteiger partial charge in [0.2, 0.25) is 0 Å². The van der Waals surface area contributed by atoms with Crippen LogP contribution in [0.2, 0.25) is 0 Å². The van der Waals surface area contributed by atoms with Gasteiger partial charge in [0.15, 0.2) is 11.6 Å². The van der Waals surface area contributed by atoms with Gasteiger partial charge in [-0.05, 0) is 24.3 Å². The lowest BCUT2D eigenvalue weighted by Crippen LogP contribution is -2.49. The van der Waals surface area contributed by atoms with E-state index in [1.165, 1.54) is 18.2 Å². The summed E-state index contributed by atoms with van der Waals surface area (Å²) >= 11 is 0. The number of hydrogen-bond acceptors (Lipinski definition) is 5. The molecule has 1 aromatic heterocycles. The lowest BCUT2D eigenvalue weighted by Gasteiger charge is -2.36. The number of alkyl halides is 3. The highest BCUT2D eigenvalue weighted by Gasteiger charge is 2.31. The van der Waals surface area contributed by atoms with Crippen LogP contribution >= 0.6 is 0 Å². The first-order valence-corrected chi connectivity index (χ1v) is 8.89. The van der Waals surface area contributed by atoms with Gasteiger partial charge in [0.05, 0.1) is 5.56 Å². The number of benzene rings is 1. The summed E-state index contributed by atoms with van der Waals surface area (Å²) in [5.74, 6) is 0.114. The van der Waals surface area contributed by atoms with Gasteiger partial charge in [-0.3, -0.25) is 4.90 Å². The van der Waals surface area contributed by atoms with Crippen LogP contribution in [-0.4, -0.2) is 60.4 Å². The Morgan fingerprint density at radius 1 is 1.07 bits per heavy atom. The van der Waals surface area contributed by atoms with Crippen molar-refractivity contribution in [1.29, 1.82) is 0 Å². The van der Waals surface area contributed by atoms with Gasteiger partial charge in [0, 0.05) is 38.9 Å². The molecule has 1 aliphatic heterocycles. The van der Waals surface area contributed by atoms with Crippen molar-refractivity contribution in [1.82, 2.24) is 9.88 Å². The molecule has 0 radical (unpaired) electrons. The molecule has 1 aromatic carbocycles. The lowest BCUT2D eigenvalue weighted by molar-refractivity contribution is -0.137. The summed E-state index contributed by atoms with van der Waals surface area (Å²) in [5, 5.41) is 10.1. The van der Waals surface area contributed by atoms with Crippen molar-refractivity contribution in [2.75, 3.05) is 44.2 Å². The number of hydrogen-bond donors (Lipinski definition) is 1. The summed E-state index contributed by atoms with van der Waals surface area (Å²) in [6.07, 6.45) is -4.34. The highest BCUT2D eigenvalue weighted by molar-refractivity contribution is 5.40. The van der Waals surface area contributed by atoms with Crippen molar-refractivity contribution in [3.05, 3.63) is 54.0 Å². The number of para-hydroxylation sites is 1. The molecule has 5 nitrogen and oxygen atoms in total. The Labute approximate surface area is 160 Å². The minimum atomic E-state index is -4.40. The average Bonchev–Trinajstić information content (AvgIpc) is 2.67. The molecule has 1 saturated heterocycles. The maximum Gasteiger partial charge on any atom is 0.417 e. The molecule has 152 valence electrons. The second kappa shape index (κ2) is 8.74. The van der Waals surface area contributed by atoms with Crippen LogP contribution in [-0.2, 0) is 6.18 Å². The van der Waals surface area contributed by atoms with Gasteiger partial charge in [-0.1, -0.05) is 12.1 Å². The van der Waals surface area contributed by atoms with Gasteiger partial charge in [-0.25, -0.2) is 9.37 Å². The zero-order chi connectivity index (χ0) is 20.1. The van der Waals surface area contributed by atoms with Crippen molar-refractivity contribution >= 4 is 5.82 Å². The Hall–Kier alpha value is -2.39. The zero-order valence-corrected chi connectivity index (χ0v) is 15.1. The average molecular weight is 399 g/mol. The van der Waals surface area contributed by atoms with E-state index >= 15 is 0 Å². The molecule has 2 aromatic rings. The van der Waals surface area contributed by atoms with Gasteiger partial charge < -0.3 is 14.7 Å². The number of nitrogens with zero attached hydrogens (tertiary/aromatic N) is 3. The maximum atomic E-state index is 13.5. The van der Waals surface area contributed by atoms with Crippen molar-refractivity contribution in [3.8, 4) is 5.75 Å². The van der Waals surface area contributed by atoms with Gasteiger partial charge in [-0.2, -0.15) is 13.2 Å². The molecule has 9 heteroatoms. The van der Waals surface area contributed by atoms with Crippen LogP contribution in [0.25, 0.3) is 0 Å². The number of ether oxygens (including phenoxy) is 1. The number of aliphatic hydroxyl groups is 1. The standard InChI is InChI=1S/C19H21F4N3O2/c20-16-3-1-2-4-17(16)28-13-15(27)12-25-7-9-26(10-8-25)18-6-5-14(11-24-18)19(21,22)23/h1-6,11,15,27H,7-10,12-13H2. The molecular formula is C19H21F4N3O2. The molecular weight excluding hydrogens is 378 g/mol. The molecule has 1 atom stereocenters. The molecule has 0 saturated carbocycles. The van der Waals surface area contributed by atoms with E-state index in [2.05, 4.69) is 4.98 Å².